The molecular weight excluding hydrogens is 264 g/mol. The van der Waals surface area contributed by atoms with Gasteiger partial charge < -0.3 is 23.7 Å². The summed E-state index contributed by atoms with van der Waals surface area (Å²) < 4.78 is 20.9. The van der Waals surface area contributed by atoms with E-state index in [9.17, 15) is 9.90 Å². The van der Waals surface area contributed by atoms with E-state index in [-0.39, 0.29) is 23.7 Å². The van der Waals surface area contributed by atoms with Crippen molar-refractivity contribution < 1.29 is 28.5 Å². The Labute approximate surface area is 115 Å². The van der Waals surface area contributed by atoms with Crippen molar-refractivity contribution in [2.45, 2.75) is 13.2 Å². The number of hydrogen-bond acceptors (Lipinski definition) is 6. The number of rotatable bonds is 5. The number of hydrogen-bond donors (Lipinski definition) is 1. The zero-order valence-electron chi connectivity index (χ0n) is 11.5. The second kappa shape index (κ2) is 5.94. The van der Waals surface area contributed by atoms with Gasteiger partial charge in [0.25, 0.3) is 0 Å². The summed E-state index contributed by atoms with van der Waals surface area (Å²) in [6.45, 7) is 1.94. The first-order chi connectivity index (χ1) is 9.62. The van der Waals surface area contributed by atoms with Crippen molar-refractivity contribution in [3.63, 3.8) is 0 Å². The molecule has 6 nitrogen and oxygen atoms in total. The lowest BCUT2D eigenvalue weighted by atomic mass is 10.1. The summed E-state index contributed by atoms with van der Waals surface area (Å²) in [6, 6.07) is 4.48. The van der Waals surface area contributed by atoms with Gasteiger partial charge in [0.15, 0.2) is 5.76 Å². The smallest absolute Gasteiger partial charge is 0.342 e. The fraction of sp³-hybridized carbons (Fsp3) is 0.357. The van der Waals surface area contributed by atoms with Crippen LogP contribution in [-0.4, -0.2) is 31.9 Å². The quantitative estimate of drug-likeness (QED) is 0.670. The van der Waals surface area contributed by atoms with Crippen LogP contribution in [0.2, 0.25) is 0 Å². The minimum absolute atomic E-state index is 0.0294. The maximum atomic E-state index is 12.1. The zero-order chi connectivity index (χ0) is 14.7. The molecule has 0 aliphatic carbocycles. The van der Waals surface area contributed by atoms with E-state index in [0.29, 0.717) is 11.0 Å². The van der Waals surface area contributed by atoms with Crippen molar-refractivity contribution in [1.82, 2.24) is 0 Å². The van der Waals surface area contributed by atoms with E-state index in [2.05, 4.69) is 0 Å². The molecule has 108 valence electrons. The largest absolute Gasteiger partial charge is 0.508 e. The molecule has 0 spiro atoms. The van der Waals surface area contributed by atoms with E-state index in [1.807, 2.05) is 0 Å². The van der Waals surface area contributed by atoms with Crippen molar-refractivity contribution in [2.75, 3.05) is 20.8 Å². The fourth-order valence-corrected chi connectivity index (χ4v) is 1.99. The Bertz CT molecular complexity index is 611. The van der Waals surface area contributed by atoms with Gasteiger partial charge in [-0.05, 0) is 25.1 Å². The van der Waals surface area contributed by atoms with Crippen LogP contribution in [0.15, 0.2) is 22.6 Å². The van der Waals surface area contributed by atoms with Gasteiger partial charge >= 0.3 is 5.97 Å². The Balaban J connectivity index is 2.66. The summed E-state index contributed by atoms with van der Waals surface area (Å²) in [5.74, 6) is -0.304. The number of carbonyl (C=O) groups is 1. The molecule has 0 bridgehead atoms. The van der Waals surface area contributed by atoms with Crippen LogP contribution < -0.4 is 0 Å². The third kappa shape index (κ3) is 2.48. The van der Waals surface area contributed by atoms with E-state index in [4.69, 9.17) is 18.6 Å². The number of aromatic hydroxyl groups is 1. The van der Waals surface area contributed by atoms with Crippen LogP contribution in [0.4, 0.5) is 0 Å². The van der Waals surface area contributed by atoms with Crippen LogP contribution in [-0.2, 0) is 14.2 Å². The lowest BCUT2D eigenvalue weighted by molar-refractivity contribution is -0.117. The van der Waals surface area contributed by atoms with Crippen LogP contribution in [0.1, 0.15) is 29.3 Å². The van der Waals surface area contributed by atoms with Crippen LogP contribution in [0.3, 0.4) is 0 Å². The van der Waals surface area contributed by atoms with Gasteiger partial charge in [-0.3, -0.25) is 0 Å². The maximum absolute atomic E-state index is 12.1. The SMILES string of the molecule is CCOC(=O)c1c(C(OC)OC)oc2ccc(O)cc12. The molecule has 0 aliphatic rings. The maximum Gasteiger partial charge on any atom is 0.342 e. The van der Waals surface area contributed by atoms with Gasteiger partial charge in [-0.15, -0.1) is 0 Å². The Morgan fingerprint density at radius 1 is 1.35 bits per heavy atom. The zero-order valence-corrected chi connectivity index (χ0v) is 11.5. The molecule has 0 unspecified atom stereocenters. The molecule has 0 amide bonds. The van der Waals surface area contributed by atoms with Crippen molar-refractivity contribution in [3.8, 4) is 5.75 Å². The highest BCUT2D eigenvalue weighted by Gasteiger charge is 2.28. The van der Waals surface area contributed by atoms with E-state index >= 15 is 0 Å². The van der Waals surface area contributed by atoms with Gasteiger partial charge in [-0.2, -0.15) is 0 Å². The lowest BCUT2D eigenvalue weighted by Gasteiger charge is -2.12. The number of phenols is 1. The summed E-state index contributed by atoms with van der Waals surface area (Å²) in [4.78, 5) is 12.1. The number of benzene rings is 1. The molecule has 0 aliphatic heterocycles. The van der Waals surface area contributed by atoms with Crippen LogP contribution in [0.5, 0.6) is 5.75 Å². The Morgan fingerprint density at radius 2 is 2.05 bits per heavy atom. The predicted octanol–water partition coefficient (Wildman–Crippen LogP) is 2.61. The third-order valence-electron chi connectivity index (χ3n) is 2.82. The monoisotopic (exact) mass is 280 g/mol. The van der Waals surface area contributed by atoms with E-state index < -0.39 is 12.3 Å². The summed E-state index contributed by atoms with van der Waals surface area (Å²) in [5.41, 5.74) is 0.645. The fourth-order valence-electron chi connectivity index (χ4n) is 1.99. The summed E-state index contributed by atoms with van der Waals surface area (Å²) in [5, 5.41) is 10.0. The minimum Gasteiger partial charge on any atom is -0.508 e. The van der Waals surface area contributed by atoms with Crippen LogP contribution in [0.25, 0.3) is 11.0 Å². The molecule has 1 heterocycles. The molecule has 1 N–H and O–H groups in total. The van der Waals surface area contributed by atoms with E-state index in [1.54, 1.807) is 13.0 Å². The number of phenolic OH excluding ortho intramolecular Hbond substituents is 1. The molecule has 0 fully saturated rings. The Hall–Kier alpha value is -2.05. The first-order valence-corrected chi connectivity index (χ1v) is 6.10. The van der Waals surface area contributed by atoms with Crippen molar-refractivity contribution in [1.29, 1.82) is 0 Å². The Kier molecular flexibility index (Phi) is 4.26. The van der Waals surface area contributed by atoms with Crippen LogP contribution >= 0.6 is 0 Å². The van der Waals surface area contributed by atoms with E-state index in [1.165, 1.54) is 26.4 Å². The molecule has 20 heavy (non-hydrogen) atoms. The predicted molar refractivity (Wildman–Crippen MR) is 70.6 cm³/mol. The first-order valence-electron chi connectivity index (χ1n) is 6.10. The minimum atomic E-state index is -0.830. The first kappa shape index (κ1) is 14.4. The van der Waals surface area contributed by atoms with Crippen molar-refractivity contribution in [2.24, 2.45) is 0 Å². The number of fused-ring (bicyclic) bond motifs is 1. The molecular formula is C14H16O6. The molecule has 1 aromatic carbocycles. The van der Waals surface area contributed by atoms with Gasteiger partial charge in [0.2, 0.25) is 6.29 Å². The molecule has 2 rings (SSSR count). The molecule has 6 heteroatoms. The van der Waals surface area contributed by atoms with Gasteiger partial charge in [0.1, 0.15) is 16.9 Å². The van der Waals surface area contributed by atoms with Crippen molar-refractivity contribution in [3.05, 3.63) is 29.5 Å². The van der Waals surface area contributed by atoms with E-state index in [0.717, 1.165) is 0 Å². The number of esters is 1. The highest BCUT2D eigenvalue weighted by molar-refractivity contribution is 6.05. The van der Waals surface area contributed by atoms with Gasteiger partial charge in [0.05, 0.1) is 6.61 Å². The standard InChI is InChI=1S/C14H16O6/c1-4-19-13(16)11-9-7-8(15)5-6-10(9)20-12(11)14(17-2)18-3/h5-7,14-15H,4H2,1-3H3. The number of methoxy groups -OCH3 is 2. The van der Waals surface area contributed by atoms with Crippen molar-refractivity contribution >= 4 is 16.9 Å². The second-order valence-electron chi connectivity index (χ2n) is 4.05. The van der Waals surface area contributed by atoms with Crippen LogP contribution in [0, 0.1) is 0 Å². The normalized spacial score (nSPS) is 11.2. The Morgan fingerprint density at radius 3 is 2.65 bits per heavy atom. The molecule has 1 aromatic heterocycles. The number of ether oxygens (including phenoxy) is 3. The molecule has 0 atom stereocenters. The highest BCUT2D eigenvalue weighted by atomic mass is 16.7. The average Bonchev–Trinajstić information content (AvgIpc) is 2.79. The number of furan rings is 1. The summed E-state index contributed by atoms with van der Waals surface area (Å²) in [7, 11) is 2.88. The second-order valence-corrected chi connectivity index (χ2v) is 4.05. The lowest BCUT2D eigenvalue weighted by Crippen LogP contribution is -2.11. The third-order valence-corrected chi connectivity index (χ3v) is 2.82. The summed E-state index contributed by atoms with van der Waals surface area (Å²) in [6.07, 6.45) is -0.830. The van der Waals surface area contributed by atoms with Gasteiger partial charge in [0, 0.05) is 19.6 Å². The van der Waals surface area contributed by atoms with Gasteiger partial charge in [-0.25, -0.2) is 4.79 Å². The van der Waals surface area contributed by atoms with Gasteiger partial charge in [-0.1, -0.05) is 0 Å². The summed E-state index contributed by atoms with van der Waals surface area (Å²) >= 11 is 0. The average molecular weight is 280 g/mol. The highest BCUT2D eigenvalue weighted by Crippen LogP contribution is 2.34. The topological polar surface area (TPSA) is 78.1 Å². The molecule has 0 radical (unpaired) electrons. The molecule has 0 saturated heterocycles. The molecule has 0 saturated carbocycles. The molecule has 2 aromatic rings. The number of carbonyl (C=O) groups excluding carboxylic acids is 1.